The van der Waals surface area contributed by atoms with Crippen LogP contribution in [0.15, 0.2) is 44.4 Å². The average molecular weight is 472 g/mol. The van der Waals surface area contributed by atoms with Crippen molar-refractivity contribution in [3.63, 3.8) is 0 Å². The van der Waals surface area contributed by atoms with E-state index in [4.69, 9.17) is 0 Å². The number of nitrogens with zero attached hydrogens (tertiary/aromatic N) is 3. The zero-order valence-electron chi connectivity index (χ0n) is 12.3. The van der Waals surface area contributed by atoms with Gasteiger partial charge in [0.1, 0.15) is 0 Å². The highest BCUT2D eigenvalue weighted by molar-refractivity contribution is 9.11. The first kappa shape index (κ1) is 16.2. The summed E-state index contributed by atoms with van der Waals surface area (Å²) in [6.45, 7) is 0.746. The summed E-state index contributed by atoms with van der Waals surface area (Å²) in [5.41, 5.74) is 2.78. The van der Waals surface area contributed by atoms with E-state index in [1.54, 1.807) is 30.6 Å². The van der Waals surface area contributed by atoms with Crippen molar-refractivity contribution in [3.8, 4) is 0 Å². The van der Waals surface area contributed by atoms with Crippen LogP contribution in [0.5, 0.6) is 0 Å². The summed E-state index contributed by atoms with van der Waals surface area (Å²) < 4.78 is 28.8. The minimum Gasteiger partial charge on any atom is -0.261 e. The maximum Gasteiger partial charge on any atom is 0.244 e. The SMILES string of the molecule is O=S(=O)(c1ccc(Br)cc1Br)N1CCc2c(cnc3[nH]ncc23)C1. The molecular weight excluding hydrogens is 460 g/mol. The van der Waals surface area contributed by atoms with Crippen LogP contribution in [0.25, 0.3) is 11.0 Å². The Balaban J connectivity index is 1.73. The Labute approximate surface area is 155 Å². The Hall–Kier alpha value is -1.29. The molecule has 1 aromatic carbocycles. The molecule has 6 nitrogen and oxygen atoms in total. The summed E-state index contributed by atoms with van der Waals surface area (Å²) in [6, 6.07) is 5.07. The molecule has 0 atom stereocenters. The van der Waals surface area contributed by atoms with Gasteiger partial charge in [-0.25, -0.2) is 13.4 Å². The van der Waals surface area contributed by atoms with Gasteiger partial charge in [-0.05, 0) is 51.7 Å². The van der Waals surface area contributed by atoms with Crippen LogP contribution < -0.4 is 0 Å². The van der Waals surface area contributed by atoms with Crippen molar-refractivity contribution in [3.05, 3.63) is 50.7 Å². The van der Waals surface area contributed by atoms with Crippen LogP contribution in [-0.2, 0) is 23.0 Å². The lowest BCUT2D eigenvalue weighted by atomic mass is 10.0. The van der Waals surface area contributed by atoms with Crippen LogP contribution in [0.4, 0.5) is 0 Å². The van der Waals surface area contributed by atoms with Crippen molar-refractivity contribution < 1.29 is 8.42 Å². The summed E-state index contributed by atoms with van der Waals surface area (Å²) >= 11 is 6.69. The quantitative estimate of drug-likeness (QED) is 0.622. The number of nitrogens with one attached hydrogen (secondary N) is 1. The fourth-order valence-electron chi connectivity index (χ4n) is 2.96. The molecule has 24 heavy (non-hydrogen) atoms. The predicted molar refractivity (Wildman–Crippen MR) is 97.0 cm³/mol. The maximum absolute atomic E-state index is 13.0. The predicted octanol–water partition coefficient (Wildman–Crippen LogP) is 3.23. The van der Waals surface area contributed by atoms with E-state index in [1.807, 2.05) is 0 Å². The summed E-state index contributed by atoms with van der Waals surface area (Å²) in [5, 5.41) is 7.83. The highest BCUT2D eigenvalue weighted by Gasteiger charge is 2.30. The van der Waals surface area contributed by atoms with Gasteiger partial charge in [-0.1, -0.05) is 15.9 Å². The molecule has 0 spiro atoms. The van der Waals surface area contributed by atoms with Gasteiger partial charge >= 0.3 is 0 Å². The van der Waals surface area contributed by atoms with E-state index < -0.39 is 10.0 Å². The van der Waals surface area contributed by atoms with Crippen LogP contribution in [0, 0.1) is 0 Å². The maximum atomic E-state index is 13.0. The third kappa shape index (κ3) is 2.59. The third-order valence-corrected chi connectivity index (χ3v) is 7.47. The Morgan fingerprint density at radius 3 is 2.83 bits per heavy atom. The van der Waals surface area contributed by atoms with E-state index in [1.165, 1.54) is 4.31 Å². The number of benzene rings is 1. The molecule has 3 aromatic rings. The molecule has 0 fully saturated rings. The molecule has 0 aliphatic carbocycles. The summed E-state index contributed by atoms with van der Waals surface area (Å²) in [4.78, 5) is 4.59. The van der Waals surface area contributed by atoms with E-state index in [0.717, 1.165) is 26.6 Å². The highest BCUT2D eigenvalue weighted by Crippen LogP contribution is 2.32. The van der Waals surface area contributed by atoms with Crippen LogP contribution in [-0.4, -0.2) is 34.4 Å². The molecular formula is C15H12Br2N4O2S. The molecule has 1 aliphatic rings. The number of hydrogen-bond donors (Lipinski definition) is 1. The Bertz CT molecular complexity index is 1050. The number of H-pyrrole nitrogens is 1. The number of sulfonamides is 1. The number of rotatable bonds is 2. The van der Waals surface area contributed by atoms with Crippen molar-refractivity contribution in [1.29, 1.82) is 0 Å². The normalized spacial score (nSPS) is 15.6. The minimum absolute atomic E-state index is 0.270. The molecule has 3 heterocycles. The Morgan fingerprint density at radius 1 is 1.21 bits per heavy atom. The summed E-state index contributed by atoms with van der Waals surface area (Å²) in [5.74, 6) is 0. The lowest BCUT2D eigenvalue weighted by Gasteiger charge is -2.28. The molecule has 2 aromatic heterocycles. The topological polar surface area (TPSA) is 79.0 Å². The summed E-state index contributed by atoms with van der Waals surface area (Å²) in [6.07, 6.45) is 4.12. The van der Waals surface area contributed by atoms with Crippen molar-refractivity contribution in [2.75, 3.05) is 6.54 Å². The van der Waals surface area contributed by atoms with Gasteiger partial charge in [0.2, 0.25) is 10.0 Å². The monoisotopic (exact) mass is 470 g/mol. The third-order valence-electron chi connectivity index (χ3n) is 4.15. The first-order valence-electron chi connectivity index (χ1n) is 7.22. The van der Waals surface area contributed by atoms with Gasteiger partial charge in [0.25, 0.3) is 0 Å². The van der Waals surface area contributed by atoms with Gasteiger partial charge in [-0.3, -0.25) is 5.10 Å². The van der Waals surface area contributed by atoms with Crippen molar-refractivity contribution in [2.24, 2.45) is 0 Å². The first-order chi connectivity index (χ1) is 11.5. The zero-order chi connectivity index (χ0) is 16.9. The van der Waals surface area contributed by atoms with E-state index in [9.17, 15) is 8.42 Å². The van der Waals surface area contributed by atoms with Crippen LogP contribution in [0.1, 0.15) is 11.1 Å². The first-order valence-corrected chi connectivity index (χ1v) is 10.2. The van der Waals surface area contributed by atoms with Gasteiger partial charge in [-0.15, -0.1) is 0 Å². The molecule has 1 N–H and O–H groups in total. The van der Waals surface area contributed by atoms with E-state index in [0.29, 0.717) is 24.0 Å². The molecule has 124 valence electrons. The van der Waals surface area contributed by atoms with E-state index in [-0.39, 0.29) is 4.90 Å². The molecule has 0 amide bonds. The average Bonchev–Trinajstić information content (AvgIpc) is 3.03. The number of pyridine rings is 1. The van der Waals surface area contributed by atoms with Crippen LogP contribution >= 0.6 is 31.9 Å². The smallest absolute Gasteiger partial charge is 0.244 e. The van der Waals surface area contributed by atoms with Crippen molar-refractivity contribution >= 4 is 52.9 Å². The molecule has 9 heteroatoms. The largest absolute Gasteiger partial charge is 0.261 e. The Morgan fingerprint density at radius 2 is 2.04 bits per heavy atom. The molecule has 0 bridgehead atoms. The number of aromatic amines is 1. The minimum atomic E-state index is -3.58. The molecule has 0 unspecified atom stereocenters. The second kappa shape index (κ2) is 5.91. The zero-order valence-corrected chi connectivity index (χ0v) is 16.3. The van der Waals surface area contributed by atoms with Crippen LogP contribution in [0.2, 0.25) is 0 Å². The molecule has 0 radical (unpaired) electrons. The number of fused-ring (bicyclic) bond motifs is 3. The molecule has 1 aliphatic heterocycles. The van der Waals surface area contributed by atoms with E-state index >= 15 is 0 Å². The van der Waals surface area contributed by atoms with Gasteiger partial charge in [-0.2, -0.15) is 9.40 Å². The molecule has 4 rings (SSSR count). The second-order valence-corrected chi connectivity index (χ2v) is 9.23. The van der Waals surface area contributed by atoms with Crippen molar-refractivity contribution in [2.45, 2.75) is 17.9 Å². The summed E-state index contributed by atoms with van der Waals surface area (Å²) in [7, 11) is -3.58. The van der Waals surface area contributed by atoms with Gasteiger partial charge < -0.3 is 0 Å². The number of hydrogen-bond acceptors (Lipinski definition) is 4. The van der Waals surface area contributed by atoms with Crippen LogP contribution in [0.3, 0.4) is 0 Å². The molecule has 0 saturated carbocycles. The fraction of sp³-hybridized carbons (Fsp3) is 0.200. The molecule has 0 saturated heterocycles. The lowest BCUT2D eigenvalue weighted by Crippen LogP contribution is -2.36. The number of aromatic nitrogens is 3. The van der Waals surface area contributed by atoms with Gasteiger partial charge in [0, 0.05) is 33.6 Å². The van der Waals surface area contributed by atoms with E-state index in [2.05, 4.69) is 47.0 Å². The highest BCUT2D eigenvalue weighted by atomic mass is 79.9. The Kier molecular flexibility index (Phi) is 3.98. The lowest BCUT2D eigenvalue weighted by molar-refractivity contribution is 0.391. The van der Waals surface area contributed by atoms with Crippen molar-refractivity contribution in [1.82, 2.24) is 19.5 Å². The van der Waals surface area contributed by atoms with Gasteiger partial charge in [0.05, 0.1) is 11.1 Å². The van der Waals surface area contributed by atoms with Gasteiger partial charge in [0.15, 0.2) is 5.65 Å². The second-order valence-electron chi connectivity index (χ2n) is 5.56. The fourth-order valence-corrected chi connectivity index (χ4v) is 6.08. The standard InChI is InChI=1S/C15H12Br2N4O2S/c16-10-1-2-14(13(17)5-10)24(22,23)21-4-3-11-9(8-21)6-18-15-12(11)7-19-20-15/h1-2,5-7H,3-4,8H2,(H,18,19,20). The number of halogens is 2.